The first-order valence-electron chi connectivity index (χ1n) is 6.07. The molecule has 0 bridgehead atoms. The summed E-state index contributed by atoms with van der Waals surface area (Å²) in [6.45, 7) is 1.90. The molecule has 0 aliphatic heterocycles. The van der Waals surface area contributed by atoms with Crippen molar-refractivity contribution >= 4 is 22.8 Å². The molecule has 1 aromatic carbocycles. The van der Waals surface area contributed by atoms with Crippen molar-refractivity contribution in [2.45, 2.75) is 6.92 Å². The van der Waals surface area contributed by atoms with Gasteiger partial charge in [-0.05, 0) is 36.2 Å². The number of carbonyl (C=O) groups is 1. The lowest BCUT2D eigenvalue weighted by molar-refractivity contribution is 0.100. The monoisotopic (exact) mass is 267 g/mol. The lowest BCUT2D eigenvalue weighted by Crippen LogP contribution is -2.10. The molecule has 0 unspecified atom stereocenters. The van der Waals surface area contributed by atoms with Crippen molar-refractivity contribution < 1.29 is 4.79 Å². The van der Waals surface area contributed by atoms with E-state index in [1.165, 1.54) is 0 Å². The first-order valence-corrected chi connectivity index (χ1v) is 6.07. The van der Waals surface area contributed by atoms with Crippen molar-refractivity contribution in [3.05, 3.63) is 41.6 Å². The number of carbonyl (C=O) groups excluding carboxylic acids is 1. The summed E-state index contributed by atoms with van der Waals surface area (Å²) in [4.78, 5) is 15.5. The molecule has 2 aromatic heterocycles. The van der Waals surface area contributed by atoms with Gasteiger partial charge in [0.1, 0.15) is 0 Å². The van der Waals surface area contributed by atoms with Gasteiger partial charge in [0.25, 0.3) is 0 Å². The number of benzene rings is 1. The zero-order valence-corrected chi connectivity index (χ0v) is 10.8. The van der Waals surface area contributed by atoms with Gasteiger partial charge in [0.15, 0.2) is 11.5 Å². The minimum absolute atomic E-state index is 0.404. The van der Waals surface area contributed by atoms with Gasteiger partial charge < -0.3 is 11.5 Å². The number of pyridine rings is 1. The van der Waals surface area contributed by atoms with Crippen LogP contribution in [0.4, 0.5) is 5.82 Å². The molecule has 20 heavy (non-hydrogen) atoms. The maximum Gasteiger partial charge on any atom is 0.248 e. The van der Waals surface area contributed by atoms with E-state index in [1.54, 1.807) is 12.1 Å². The summed E-state index contributed by atoms with van der Waals surface area (Å²) in [5.74, 6) is -0.0445. The lowest BCUT2D eigenvalue weighted by Gasteiger charge is -2.06. The van der Waals surface area contributed by atoms with E-state index in [2.05, 4.69) is 15.2 Å². The number of nitrogens with zero attached hydrogens (tertiary/aromatic N) is 2. The van der Waals surface area contributed by atoms with Gasteiger partial charge in [0, 0.05) is 11.3 Å². The second-order valence-corrected chi connectivity index (χ2v) is 4.59. The highest BCUT2D eigenvalue weighted by atomic mass is 16.1. The number of nitrogens with one attached hydrogen (secondary N) is 1. The fourth-order valence-electron chi connectivity index (χ4n) is 2.22. The van der Waals surface area contributed by atoms with Gasteiger partial charge in [0.2, 0.25) is 5.91 Å². The van der Waals surface area contributed by atoms with Crippen molar-refractivity contribution in [2.24, 2.45) is 5.73 Å². The normalized spacial score (nSPS) is 10.8. The molecule has 0 aliphatic rings. The van der Waals surface area contributed by atoms with Gasteiger partial charge in [-0.25, -0.2) is 4.98 Å². The minimum atomic E-state index is -0.449. The Bertz CT molecular complexity index is 804. The maximum absolute atomic E-state index is 11.1. The van der Waals surface area contributed by atoms with E-state index in [1.807, 2.05) is 25.1 Å². The SMILES string of the molecule is Cc1cc(-c2ccc(C(N)=O)cc2)c2c(N)n[nH]c2n1. The van der Waals surface area contributed by atoms with Gasteiger partial charge in [-0.1, -0.05) is 12.1 Å². The molecule has 100 valence electrons. The van der Waals surface area contributed by atoms with Crippen LogP contribution in [0.15, 0.2) is 30.3 Å². The smallest absolute Gasteiger partial charge is 0.248 e. The topological polar surface area (TPSA) is 111 Å². The van der Waals surface area contributed by atoms with Crippen LogP contribution in [0.2, 0.25) is 0 Å². The number of nitrogens with two attached hydrogens (primary N) is 2. The van der Waals surface area contributed by atoms with Crippen LogP contribution in [0.5, 0.6) is 0 Å². The molecule has 0 saturated heterocycles. The second kappa shape index (κ2) is 4.34. The number of aromatic amines is 1. The molecule has 3 aromatic rings. The molecule has 5 N–H and O–H groups in total. The average Bonchev–Trinajstić information content (AvgIpc) is 2.79. The van der Waals surface area contributed by atoms with Crippen LogP contribution >= 0.6 is 0 Å². The fourth-order valence-corrected chi connectivity index (χ4v) is 2.22. The number of H-pyrrole nitrogens is 1. The molecule has 0 radical (unpaired) electrons. The van der Waals surface area contributed by atoms with Gasteiger partial charge in [-0.3, -0.25) is 9.89 Å². The van der Waals surface area contributed by atoms with Crippen molar-refractivity contribution in [3.8, 4) is 11.1 Å². The van der Waals surface area contributed by atoms with Crippen LogP contribution < -0.4 is 11.5 Å². The molecule has 3 rings (SSSR count). The number of primary amides is 1. The number of hydrogen-bond donors (Lipinski definition) is 3. The predicted molar refractivity (Wildman–Crippen MR) is 77.0 cm³/mol. The number of aryl methyl sites for hydroxylation is 1. The van der Waals surface area contributed by atoms with E-state index in [4.69, 9.17) is 11.5 Å². The first-order chi connectivity index (χ1) is 9.56. The Hall–Kier alpha value is -2.89. The molecule has 0 atom stereocenters. The molecule has 0 saturated carbocycles. The van der Waals surface area contributed by atoms with Crippen LogP contribution in [-0.2, 0) is 0 Å². The number of hydrogen-bond acceptors (Lipinski definition) is 4. The van der Waals surface area contributed by atoms with E-state index in [0.717, 1.165) is 22.2 Å². The highest BCUT2D eigenvalue weighted by molar-refractivity contribution is 6.00. The molecule has 0 aliphatic carbocycles. The molecule has 0 fully saturated rings. The van der Waals surface area contributed by atoms with E-state index in [9.17, 15) is 4.79 Å². The van der Waals surface area contributed by atoms with E-state index in [-0.39, 0.29) is 0 Å². The van der Waals surface area contributed by atoms with Gasteiger partial charge in [-0.2, -0.15) is 5.10 Å². The quantitative estimate of drug-likeness (QED) is 0.655. The van der Waals surface area contributed by atoms with Crippen LogP contribution in [0.1, 0.15) is 16.1 Å². The third-order valence-corrected chi connectivity index (χ3v) is 3.17. The van der Waals surface area contributed by atoms with E-state index in [0.29, 0.717) is 17.0 Å². The van der Waals surface area contributed by atoms with Crippen molar-refractivity contribution in [2.75, 3.05) is 5.73 Å². The summed E-state index contributed by atoms with van der Waals surface area (Å²) in [5, 5.41) is 7.57. The summed E-state index contributed by atoms with van der Waals surface area (Å²) in [6, 6.07) is 8.99. The summed E-state index contributed by atoms with van der Waals surface area (Å²) in [7, 11) is 0. The Morgan fingerprint density at radius 1 is 1.25 bits per heavy atom. The van der Waals surface area contributed by atoms with E-state index < -0.39 is 5.91 Å². The molecule has 1 amide bonds. The number of fused-ring (bicyclic) bond motifs is 1. The summed E-state index contributed by atoms with van der Waals surface area (Å²) < 4.78 is 0. The Morgan fingerprint density at radius 2 is 1.95 bits per heavy atom. The fraction of sp³-hybridized carbons (Fsp3) is 0.0714. The molecular formula is C14H13N5O. The van der Waals surface area contributed by atoms with Crippen molar-refractivity contribution in [3.63, 3.8) is 0 Å². The Balaban J connectivity index is 2.23. The maximum atomic E-state index is 11.1. The Morgan fingerprint density at radius 3 is 2.60 bits per heavy atom. The van der Waals surface area contributed by atoms with Crippen LogP contribution in [-0.4, -0.2) is 21.1 Å². The standard InChI is InChI=1S/C14H13N5O/c1-7-6-10(11-12(15)18-19-14(11)17-7)8-2-4-9(5-3-8)13(16)20/h2-6H,1H3,(H2,16,20)(H3,15,17,18,19). The number of nitrogen functional groups attached to an aromatic ring is 1. The van der Waals surface area contributed by atoms with Gasteiger partial charge in [0.05, 0.1) is 5.39 Å². The summed E-state index contributed by atoms with van der Waals surface area (Å²) >= 11 is 0. The minimum Gasteiger partial charge on any atom is -0.382 e. The summed E-state index contributed by atoms with van der Waals surface area (Å²) in [5.41, 5.74) is 15.0. The van der Waals surface area contributed by atoms with Crippen molar-refractivity contribution in [1.29, 1.82) is 0 Å². The first kappa shape index (κ1) is 12.2. The van der Waals surface area contributed by atoms with Gasteiger partial charge >= 0.3 is 0 Å². The van der Waals surface area contributed by atoms with Gasteiger partial charge in [-0.15, -0.1) is 0 Å². The molecular weight excluding hydrogens is 254 g/mol. The Labute approximate surface area is 114 Å². The van der Waals surface area contributed by atoms with Crippen LogP contribution in [0.25, 0.3) is 22.2 Å². The summed E-state index contributed by atoms with van der Waals surface area (Å²) in [6.07, 6.45) is 0. The molecule has 2 heterocycles. The van der Waals surface area contributed by atoms with E-state index >= 15 is 0 Å². The average molecular weight is 267 g/mol. The van der Waals surface area contributed by atoms with Crippen molar-refractivity contribution in [1.82, 2.24) is 15.2 Å². The molecule has 0 spiro atoms. The largest absolute Gasteiger partial charge is 0.382 e. The van der Waals surface area contributed by atoms with Crippen LogP contribution in [0.3, 0.4) is 0 Å². The number of amides is 1. The highest BCUT2D eigenvalue weighted by Gasteiger charge is 2.12. The zero-order chi connectivity index (χ0) is 14.3. The zero-order valence-electron chi connectivity index (χ0n) is 10.8. The number of rotatable bonds is 2. The predicted octanol–water partition coefficient (Wildman–Crippen LogP) is 1.61. The third-order valence-electron chi connectivity index (χ3n) is 3.17. The number of anilines is 1. The highest BCUT2D eigenvalue weighted by Crippen LogP contribution is 2.31. The second-order valence-electron chi connectivity index (χ2n) is 4.59. The molecule has 6 heteroatoms. The van der Waals surface area contributed by atoms with Crippen LogP contribution in [0, 0.1) is 6.92 Å². The third kappa shape index (κ3) is 1.87. The number of aromatic nitrogens is 3. The Kier molecular flexibility index (Phi) is 2.64. The lowest BCUT2D eigenvalue weighted by atomic mass is 10.0. The molecule has 6 nitrogen and oxygen atoms in total.